The van der Waals surface area contributed by atoms with Crippen LogP contribution >= 0.6 is 0 Å². The summed E-state index contributed by atoms with van der Waals surface area (Å²) in [6.07, 6.45) is 2.82. The van der Waals surface area contributed by atoms with Crippen molar-refractivity contribution in [3.63, 3.8) is 0 Å². The molecular formula is C51H65N9O9. The monoisotopic (exact) mass is 947 g/mol. The first-order valence-electron chi connectivity index (χ1n) is 24.0. The van der Waals surface area contributed by atoms with Crippen LogP contribution in [0.25, 0.3) is 33.3 Å². The lowest BCUT2D eigenvalue weighted by Gasteiger charge is -2.39. The lowest BCUT2D eigenvalue weighted by molar-refractivity contribution is -0.155. The molecule has 3 fully saturated rings. The zero-order chi connectivity index (χ0) is 49.5. The Labute approximate surface area is 402 Å². The van der Waals surface area contributed by atoms with Gasteiger partial charge in [0, 0.05) is 81.4 Å². The molecule has 4 aliphatic rings. The maximum atomic E-state index is 14.8. The Bertz CT molecular complexity index is 2660. The normalized spacial score (nSPS) is 21.7. The number of carbonyl (C=O) groups is 6. The molecule has 6 bridgehead atoms. The van der Waals surface area contributed by atoms with Crippen LogP contribution in [-0.4, -0.2) is 148 Å². The van der Waals surface area contributed by atoms with Gasteiger partial charge in [-0.3, -0.25) is 38.9 Å². The van der Waals surface area contributed by atoms with Gasteiger partial charge in [0.05, 0.1) is 30.1 Å². The number of urea groups is 1. The maximum absolute atomic E-state index is 14.8. The molecule has 0 unspecified atom stereocenters. The molecule has 18 heteroatoms. The third-order valence-corrected chi connectivity index (χ3v) is 13.8. The van der Waals surface area contributed by atoms with E-state index in [4.69, 9.17) is 14.5 Å². The smallest absolute Gasteiger partial charge is 0.327 e. The standard InChI is InChI=1S/C51H65N9O9/c1-9-58-41-15-14-32-24-36(41)37(45(58)35-12-10-16-52-43(35)30(4)68-8)25-51(5,6)28-69-49(66)38-13-11-17-60(55-38)48(65)39(22-31-20-33(32)23-34(61)21-31)54-46(63)44(29(2)3)56(7)50(67)59-19-18-57(27-42(59)62)47(64)40-26-53-40/h10,12,14-16,20-21,23-24,29-30,38-40,44,53,55,61H,9,11,13,17-19,22,25-28H2,1-8H3,(H,54,63)/t30-,38-,39-,40+,44-/m0/s1. The number of methoxy groups -OCH3 is 1. The van der Waals surface area contributed by atoms with Gasteiger partial charge in [-0.25, -0.2) is 10.2 Å². The third kappa shape index (κ3) is 10.2. The first kappa shape index (κ1) is 49.1. The highest BCUT2D eigenvalue weighted by molar-refractivity contribution is 6.00. The number of hydrogen-bond donors (Lipinski definition) is 4. The number of rotatable bonds is 9. The average molecular weight is 948 g/mol. The lowest BCUT2D eigenvalue weighted by atomic mass is 9.84. The predicted octanol–water partition coefficient (Wildman–Crippen LogP) is 4.17. The van der Waals surface area contributed by atoms with E-state index in [0.29, 0.717) is 43.5 Å². The number of benzene rings is 2. The number of fused-ring (bicyclic) bond motifs is 6. The van der Waals surface area contributed by atoms with Gasteiger partial charge in [0.25, 0.3) is 5.91 Å². The largest absolute Gasteiger partial charge is 0.508 e. The molecule has 2 aromatic heterocycles. The van der Waals surface area contributed by atoms with Crippen molar-refractivity contribution in [2.75, 3.05) is 53.5 Å². The quantitative estimate of drug-likeness (QED) is 0.137. The van der Waals surface area contributed by atoms with Gasteiger partial charge in [0.1, 0.15) is 30.4 Å². The van der Waals surface area contributed by atoms with Crippen LogP contribution in [0, 0.1) is 11.3 Å². The highest BCUT2D eigenvalue weighted by Gasteiger charge is 2.42. The fourth-order valence-corrected chi connectivity index (χ4v) is 10.1. The van der Waals surface area contributed by atoms with E-state index in [0.717, 1.165) is 43.9 Å². The number of aryl methyl sites for hydroxylation is 1. The Morgan fingerprint density at radius 3 is 2.51 bits per heavy atom. The number of likely N-dealkylation sites (N-methyl/N-ethyl adjacent to an activating group) is 1. The number of phenolic OH excluding ortho intramolecular Hbond substituents is 1. The number of piperazine rings is 1. The second-order valence-corrected chi connectivity index (χ2v) is 19.9. The van der Waals surface area contributed by atoms with Gasteiger partial charge in [-0.05, 0) is 97.7 Å². The van der Waals surface area contributed by atoms with Crippen LogP contribution in [0.5, 0.6) is 5.75 Å². The highest BCUT2D eigenvalue weighted by Crippen LogP contribution is 2.42. The summed E-state index contributed by atoms with van der Waals surface area (Å²) in [5.41, 5.74) is 9.32. The topological polar surface area (TPSA) is 218 Å². The summed E-state index contributed by atoms with van der Waals surface area (Å²) in [5, 5.41) is 19.6. The number of phenols is 1. The molecule has 4 aromatic rings. The van der Waals surface area contributed by atoms with E-state index in [1.807, 2.05) is 25.1 Å². The van der Waals surface area contributed by atoms with Crippen LogP contribution in [0.3, 0.4) is 0 Å². The molecular weight excluding hydrogens is 883 g/mol. The van der Waals surface area contributed by atoms with Gasteiger partial charge >= 0.3 is 12.0 Å². The van der Waals surface area contributed by atoms with Crippen molar-refractivity contribution in [2.45, 2.75) is 104 Å². The first-order chi connectivity index (χ1) is 32.9. The molecule has 0 saturated carbocycles. The van der Waals surface area contributed by atoms with E-state index < -0.39 is 59.2 Å². The Hall–Kier alpha value is -6.37. The summed E-state index contributed by atoms with van der Waals surface area (Å²) in [7, 11) is 3.11. The lowest BCUT2D eigenvalue weighted by Crippen LogP contribution is -2.63. The second-order valence-electron chi connectivity index (χ2n) is 19.9. The van der Waals surface area contributed by atoms with Crippen LogP contribution in [0.1, 0.15) is 77.3 Å². The van der Waals surface area contributed by atoms with Gasteiger partial charge in [0.15, 0.2) is 0 Å². The molecule has 5 atom stereocenters. The maximum Gasteiger partial charge on any atom is 0.327 e. The van der Waals surface area contributed by atoms with Crippen LogP contribution in [-0.2, 0) is 52.8 Å². The average Bonchev–Trinajstić information content (AvgIpc) is 4.14. The van der Waals surface area contributed by atoms with E-state index in [9.17, 15) is 33.9 Å². The van der Waals surface area contributed by atoms with Crippen molar-refractivity contribution in [2.24, 2.45) is 11.3 Å². The zero-order valence-corrected chi connectivity index (χ0v) is 40.8. The van der Waals surface area contributed by atoms with E-state index in [1.165, 1.54) is 21.9 Å². The number of ether oxygens (including phenoxy) is 2. The summed E-state index contributed by atoms with van der Waals surface area (Å²) in [6, 6.07) is 11.1. The van der Waals surface area contributed by atoms with Crippen LogP contribution < -0.4 is 16.1 Å². The number of aromatic nitrogens is 2. The number of carbonyl (C=O) groups excluding carboxylic acids is 6. The van der Waals surface area contributed by atoms with Crippen molar-refractivity contribution < 1.29 is 43.3 Å². The second kappa shape index (κ2) is 19.9. The number of aromatic hydroxyl groups is 1. The molecule has 8 rings (SSSR count). The molecule has 3 saturated heterocycles. The number of nitrogens with one attached hydrogen (secondary N) is 3. The number of hydrazine groups is 1. The Morgan fingerprint density at radius 2 is 1.81 bits per heavy atom. The molecule has 0 aliphatic carbocycles. The van der Waals surface area contributed by atoms with Crippen LogP contribution in [0.2, 0.25) is 0 Å². The zero-order valence-electron chi connectivity index (χ0n) is 40.8. The van der Waals surface area contributed by atoms with E-state index in [1.54, 1.807) is 39.3 Å². The third-order valence-electron chi connectivity index (χ3n) is 13.8. The number of esters is 1. The van der Waals surface area contributed by atoms with Crippen molar-refractivity contribution in [1.82, 2.24) is 45.3 Å². The number of nitrogens with zero attached hydrogens (tertiary/aromatic N) is 6. The summed E-state index contributed by atoms with van der Waals surface area (Å²) in [5.74, 6) is -2.92. The minimum absolute atomic E-state index is 0.0332. The van der Waals surface area contributed by atoms with Crippen molar-refractivity contribution in [3.05, 3.63) is 71.5 Å². The van der Waals surface area contributed by atoms with Crippen LogP contribution in [0.15, 0.2) is 54.7 Å². The molecule has 0 spiro atoms. The van der Waals surface area contributed by atoms with Gasteiger partial charge in [0.2, 0.25) is 17.7 Å². The minimum atomic E-state index is -1.23. The Kier molecular flexibility index (Phi) is 14.2. The molecule has 0 radical (unpaired) electrons. The summed E-state index contributed by atoms with van der Waals surface area (Å²) in [6.45, 7) is 13.1. The fourth-order valence-electron chi connectivity index (χ4n) is 10.1. The summed E-state index contributed by atoms with van der Waals surface area (Å²) < 4.78 is 14.2. The number of pyridine rings is 1. The Morgan fingerprint density at radius 1 is 1.04 bits per heavy atom. The van der Waals surface area contributed by atoms with Gasteiger partial charge in [-0.1, -0.05) is 39.8 Å². The summed E-state index contributed by atoms with van der Waals surface area (Å²) >= 11 is 0. The molecule has 6 heterocycles. The molecule has 6 amide bonds. The van der Waals surface area contributed by atoms with Gasteiger partial charge < -0.3 is 39.6 Å². The number of imide groups is 1. The van der Waals surface area contributed by atoms with Gasteiger partial charge in [-0.15, -0.1) is 0 Å². The molecule has 4 aliphatic heterocycles. The first-order valence-corrected chi connectivity index (χ1v) is 24.0. The minimum Gasteiger partial charge on any atom is -0.508 e. The SMILES string of the molecule is CCn1c(-c2cccnc2[C@H](C)OC)c2c3cc(ccc31)-c1cc(O)cc(c1)C[C@H](NC(=O)[C@H](C(C)C)N(C)C(=O)N1CCN(C(=O)[C@H]3CN3)CC1=O)C(=O)N1CCC[C@H](N1)C(=O)OCC(C)(C)C2. The number of cyclic esters (lactones) is 1. The van der Waals surface area contributed by atoms with E-state index >= 15 is 0 Å². The highest BCUT2D eigenvalue weighted by atomic mass is 16.5. The molecule has 368 valence electrons. The van der Waals surface area contributed by atoms with E-state index in [-0.39, 0.29) is 63.0 Å². The molecule has 69 heavy (non-hydrogen) atoms. The molecule has 2 aromatic carbocycles. The predicted molar refractivity (Wildman–Crippen MR) is 257 cm³/mol. The van der Waals surface area contributed by atoms with E-state index in [2.05, 4.69) is 59.6 Å². The molecule has 4 N–H and O–H groups in total. The van der Waals surface area contributed by atoms with Crippen molar-refractivity contribution in [3.8, 4) is 28.1 Å². The number of hydrogen-bond acceptors (Lipinski definition) is 12. The number of amides is 6. The van der Waals surface area contributed by atoms with Crippen molar-refractivity contribution >= 4 is 46.5 Å². The van der Waals surface area contributed by atoms with Crippen molar-refractivity contribution in [1.29, 1.82) is 0 Å². The molecule has 18 nitrogen and oxygen atoms in total. The summed E-state index contributed by atoms with van der Waals surface area (Å²) in [4.78, 5) is 91.7. The fraction of sp³-hybridized carbons (Fsp3) is 0.510. The van der Waals surface area contributed by atoms with Crippen LogP contribution in [0.4, 0.5) is 4.79 Å². The Balaban J connectivity index is 1.17. The van der Waals surface area contributed by atoms with Gasteiger partial charge in [-0.2, -0.15) is 0 Å².